The van der Waals surface area contributed by atoms with Gasteiger partial charge in [-0.05, 0) is 57.4 Å². The molecular weight excluding hydrogens is 251 g/mol. The predicted molar refractivity (Wildman–Crippen MR) is 80.5 cm³/mol. The highest BCUT2D eigenvalue weighted by atomic mass is 19.1. The SMILES string of the molecule is Cc1cc(C)cc(C(C)(O)c2c(C)cc(C)cc2F)c1. The topological polar surface area (TPSA) is 20.2 Å². The van der Waals surface area contributed by atoms with E-state index in [1.165, 1.54) is 6.07 Å². The molecule has 2 rings (SSSR count). The van der Waals surface area contributed by atoms with Crippen LogP contribution in [-0.4, -0.2) is 5.11 Å². The lowest BCUT2D eigenvalue weighted by atomic mass is 9.83. The lowest BCUT2D eigenvalue weighted by Gasteiger charge is -2.28. The highest BCUT2D eigenvalue weighted by Gasteiger charge is 2.31. The monoisotopic (exact) mass is 272 g/mol. The highest BCUT2D eigenvalue weighted by molar-refractivity contribution is 5.44. The molecule has 1 atom stereocenters. The molecule has 0 saturated heterocycles. The van der Waals surface area contributed by atoms with Crippen LogP contribution in [-0.2, 0) is 5.60 Å². The molecule has 0 amide bonds. The van der Waals surface area contributed by atoms with Crippen LogP contribution in [0.2, 0.25) is 0 Å². The predicted octanol–water partition coefficient (Wildman–Crippen LogP) is 4.32. The van der Waals surface area contributed by atoms with Crippen LogP contribution in [0.25, 0.3) is 0 Å². The van der Waals surface area contributed by atoms with Crippen molar-refractivity contribution in [3.05, 3.63) is 69.5 Å². The van der Waals surface area contributed by atoms with Crippen LogP contribution in [0.1, 0.15) is 40.3 Å². The second-order valence-corrected chi connectivity index (χ2v) is 5.89. The number of aryl methyl sites for hydroxylation is 4. The molecule has 106 valence electrons. The fourth-order valence-corrected chi connectivity index (χ4v) is 2.93. The van der Waals surface area contributed by atoms with Crippen LogP contribution in [0.3, 0.4) is 0 Å². The third-order valence-electron chi connectivity index (χ3n) is 3.70. The minimum absolute atomic E-state index is 0.355. The molecule has 1 unspecified atom stereocenters. The maximum absolute atomic E-state index is 14.3. The first kappa shape index (κ1) is 14.7. The van der Waals surface area contributed by atoms with E-state index in [0.717, 1.165) is 27.8 Å². The minimum Gasteiger partial charge on any atom is -0.381 e. The maximum atomic E-state index is 14.3. The molecule has 2 heteroatoms. The molecule has 0 aliphatic carbocycles. The smallest absolute Gasteiger partial charge is 0.130 e. The average Bonchev–Trinajstić information content (AvgIpc) is 2.25. The van der Waals surface area contributed by atoms with Gasteiger partial charge in [-0.1, -0.05) is 35.4 Å². The first-order chi connectivity index (χ1) is 9.21. The summed E-state index contributed by atoms with van der Waals surface area (Å²) in [6.07, 6.45) is 0. The zero-order valence-corrected chi connectivity index (χ0v) is 12.7. The van der Waals surface area contributed by atoms with Crippen molar-refractivity contribution >= 4 is 0 Å². The number of halogens is 1. The van der Waals surface area contributed by atoms with E-state index < -0.39 is 5.60 Å². The van der Waals surface area contributed by atoms with Gasteiger partial charge in [-0.3, -0.25) is 0 Å². The van der Waals surface area contributed by atoms with Gasteiger partial charge in [0.25, 0.3) is 0 Å². The number of rotatable bonds is 2. The van der Waals surface area contributed by atoms with Gasteiger partial charge in [0.05, 0.1) is 0 Å². The Kier molecular flexibility index (Phi) is 3.70. The van der Waals surface area contributed by atoms with E-state index in [4.69, 9.17) is 0 Å². The second kappa shape index (κ2) is 5.02. The van der Waals surface area contributed by atoms with Gasteiger partial charge in [0.2, 0.25) is 0 Å². The molecule has 0 aromatic heterocycles. The van der Waals surface area contributed by atoms with E-state index >= 15 is 0 Å². The van der Waals surface area contributed by atoms with Crippen LogP contribution < -0.4 is 0 Å². The van der Waals surface area contributed by atoms with Gasteiger partial charge in [-0.25, -0.2) is 4.39 Å². The molecule has 1 nitrogen and oxygen atoms in total. The minimum atomic E-state index is -1.33. The second-order valence-electron chi connectivity index (χ2n) is 5.89. The van der Waals surface area contributed by atoms with Gasteiger partial charge < -0.3 is 5.11 Å². The quantitative estimate of drug-likeness (QED) is 0.863. The molecule has 0 fully saturated rings. The zero-order chi connectivity index (χ0) is 15.1. The van der Waals surface area contributed by atoms with Gasteiger partial charge >= 0.3 is 0 Å². The number of hydrogen-bond acceptors (Lipinski definition) is 1. The lowest BCUT2D eigenvalue weighted by molar-refractivity contribution is 0.0970. The summed E-state index contributed by atoms with van der Waals surface area (Å²) in [6, 6.07) is 9.23. The van der Waals surface area contributed by atoms with E-state index in [1.54, 1.807) is 6.92 Å². The molecule has 0 aliphatic heterocycles. The summed E-state index contributed by atoms with van der Waals surface area (Å²) in [5, 5.41) is 10.9. The Balaban J connectivity index is 2.66. The van der Waals surface area contributed by atoms with Crippen molar-refractivity contribution in [1.82, 2.24) is 0 Å². The van der Waals surface area contributed by atoms with E-state index in [0.29, 0.717) is 5.56 Å². The molecule has 0 saturated carbocycles. The number of hydrogen-bond donors (Lipinski definition) is 1. The molecule has 0 spiro atoms. The summed E-state index contributed by atoms with van der Waals surface area (Å²) in [7, 11) is 0. The van der Waals surface area contributed by atoms with Crippen LogP contribution in [0.4, 0.5) is 4.39 Å². The maximum Gasteiger partial charge on any atom is 0.130 e. The Morgan fingerprint density at radius 3 is 1.85 bits per heavy atom. The van der Waals surface area contributed by atoms with Crippen molar-refractivity contribution in [2.24, 2.45) is 0 Å². The van der Waals surface area contributed by atoms with Gasteiger partial charge in [-0.2, -0.15) is 0 Å². The van der Waals surface area contributed by atoms with Gasteiger partial charge in [-0.15, -0.1) is 0 Å². The summed E-state index contributed by atoms with van der Waals surface area (Å²) in [5.41, 5.74) is 3.50. The van der Waals surface area contributed by atoms with Crippen molar-refractivity contribution in [2.45, 2.75) is 40.2 Å². The van der Waals surface area contributed by atoms with Crippen LogP contribution >= 0.6 is 0 Å². The number of benzene rings is 2. The number of aliphatic hydroxyl groups is 1. The average molecular weight is 272 g/mol. The largest absolute Gasteiger partial charge is 0.381 e. The molecule has 2 aromatic rings. The molecule has 0 bridgehead atoms. The Labute approximate surface area is 120 Å². The van der Waals surface area contributed by atoms with Crippen molar-refractivity contribution in [1.29, 1.82) is 0 Å². The molecule has 20 heavy (non-hydrogen) atoms. The Morgan fingerprint density at radius 1 is 0.850 bits per heavy atom. The first-order valence-corrected chi connectivity index (χ1v) is 6.80. The molecule has 0 heterocycles. The first-order valence-electron chi connectivity index (χ1n) is 6.80. The van der Waals surface area contributed by atoms with E-state index in [9.17, 15) is 9.50 Å². The van der Waals surface area contributed by atoms with Crippen molar-refractivity contribution in [3.63, 3.8) is 0 Å². The Morgan fingerprint density at radius 2 is 1.35 bits per heavy atom. The summed E-state index contributed by atoms with van der Waals surface area (Å²) in [6.45, 7) is 9.30. The van der Waals surface area contributed by atoms with Crippen molar-refractivity contribution in [2.75, 3.05) is 0 Å². The fourth-order valence-electron chi connectivity index (χ4n) is 2.93. The van der Waals surface area contributed by atoms with Gasteiger partial charge in [0.1, 0.15) is 11.4 Å². The molecule has 1 N–H and O–H groups in total. The lowest BCUT2D eigenvalue weighted by Crippen LogP contribution is -2.26. The molecular formula is C18H21FO. The zero-order valence-electron chi connectivity index (χ0n) is 12.7. The summed E-state index contributed by atoms with van der Waals surface area (Å²) in [5.74, 6) is -0.355. The molecule has 0 aliphatic rings. The normalized spacial score (nSPS) is 14.2. The Hall–Kier alpha value is -1.67. The van der Waals surface area contributed by atoms with E-state index in [-0.39, 0.29) is 5.82 Å². The third kappa shape index (κ3) is 2.61. The van der Waals surface area contributed by atoms with Crippen molar-refractivity contribution < 1.29 is 9.50 Å². The summed E-state index contributed by atoms with van der Waals surface area (Å²) >= 11 is 0. The fraction of sp³-hybridized carbons (Fsp3) is 0.333. The molecule has 0 radical (unpaired) electrons. The van der Waals surface area contributed by atoms with Crippen LogP contribution in [0.5, 0.6) is 0 Å². The molecule has 2 aromatic carbocycles. The van der Waals surface area contributed by atoms with Crippen LogP contribution in [0.15, 0.2) is 30.3 Å². The van der Waals surface area contributed by atoms with Crippen LogP contribution in [0, 0.1) is 33.5 Å². The van der Waals surface area contributed by atoms with Gasteiger partial charge in [0, 0.05) is 5.56 Å². The third-order valence-corrected chi connectivity index (χ3v) is 3.70. The standard InChI is InChI=1S/C18H21FO/c1-11-6-12(2)9-15(8-11)18(5,20)17-14(4)7-13(3)10-16(17)19/h6-10,20H,1-5H3. The summed E-state index contributed by atoms with van der Waals surface area (Å²) < 4.78 is 14.3. The van der Waals surface area contributed by atoms with E-state index in [1.807, 2.05) is 52.0 Å². The highest BCUT2D eigenvalue weighted by Crippen LogP contribution is 2.34. The summed E-state index contributed by atoms with van der Waals surface area (Å²) in [4.78, 5) is 0. The van der Waals surface area contributed by atoms with E-state index in [2.05, 4.69) is 0 Å². The van der Waals surface area contributed by atoms with Crippen molar-refractivity contribution in [3.8, 4) is 0 Å². The Bertz CT molecular complexity index is 613. The van der Waals surface area contributed by atoms with Gasteiger partial charge in [0.15, 0.2) is 0 Å².